The van der Waals surface area contributed by atoms with Gasteiger partial charge in [0.25, 0.3) is 5.91 Å². The molecule has 5 aromatic rings. The molecule has 232 valence electrons. The van der Waals surface area contributed by atoms with Crippen molar-refractivity contribution in [1.29, 1.82) is 0 Å². The van der Waals surface area contributed by atoms with E-state index in [1.807, 2.05) is 31.3 Å². The number of fused-ring (bicyclic) bond motifs is 13. The minimum Gasteiger partial charge on any atom is -0.469 e. The van der Waals surface area contributed by atoms with Crippen molar-refractivity contribution in [3.63, 3.8) is 0 Å². The Balaban J connectivity index is 1.50. The second-order valence-electron chi connectivity index (χ2n) is 12.1. The SMILES string of the molecule is CNC1C[C@H]2O[C@@](C)(C1OC)n1c3ccc(NC(=O)CCC(=O)OC)cc3c3c4c(c5c6cc(Br)ccc6n2c5c31)C(=O)NC4. The van der Waals surface area contributed by atoms with Gasteiger partial charge in [-0.1, -0.05) is 15.9 Å². The first-order valence-corrected chi connectivity index (χ1v) is 15.8. The number of benzene rings is 3. The minimum atomic E-state index is -0.936. The molecule has 0 aliphatic carbocycles. The van der Waals surface area contributed by atoms with Gasteiger partial charge >= 0.3 is 5.97 Å². The first-order chi connectivity index (χ1) is 21.7. The number of halogens is 1. The third-order valence-electron chi connectivity index (χ3n) is 9.81. The third kappa shape index (κ3) is 3.82. The first kappa shape index (κ1) is 28.5. The standard InChI is InChI=1S/C33H32BrN5O6/c1-33-31(44-4)20(35-2)13-24(45-33)38-21-7-5-15(34)11-17(21)27-28-19(14-36-32(28)42)26-18-12-16(37-23(40)9-10-25(41)43-3)6-8-22(18)39(33)30(26)29(27)38/h5-8,11-12,20,24,31,35H,9-10,13-14H2,1-4H3,(H,36,42)(H,37,40)/t20?,24-,31?,33+/m1/s1. The number of nitrogens with one attached hydrogen (secondary N) is 3. The summed E-state index contributed by atoms with van der Waals surface area (Å²) in [6, 6.07) is 12.0. The van der Waals surface area contributed by atoms with Gasteiger partial charge in [0.1, 0.15) is 12.3 Å². The Labute approximate surface area is 266 Å². The zero-order valence-corrected chi connectivity index (χ0v) is 26.8. The molecule has 0 spiro atoms. The first-order valence-electron chi connectivity index (χ1n) is 15.0. The normalized spacial score (nSPS) is 23.6. The largest absolute Gasteiger partial charge is 0.469 e. The number of amides is 2. The number of carbonyl (C=O) groups is 3. The Kier molecular flexibility index (Phi) is 6.34. The lowest BCUT2D eigenvalue weighted by molar-refractivity contribution is -0.256. The molecule has 2 amide bonds. The third-order valence-corrected chi connectivity index (χ3v) is 10.3. The molecule has 0 saturated carbocycles. The summed E-state index contributed by atoms with van der Waals surface area (Å²) in [7, 11) is 4.97. The lowest BCUT2D eigenvalue weighted by Gasteiger charge is -2.48. The van der Waals surface area contributed by atoms with Crippen molar-refractivity contribution < 1.29 is 28.6 Å². The smallest absolute Gasteiger partial charge is 0.306 e. The van der Waals surface area contributed by atoms with Gasteiger partial charge in [-0.2, -0.15) is 0 Å². The molecule has 12 heteroatoms. The summed E-state index contributed by atoms with van der Waals surface area (Å²) in [5, 5.41) is 13.2. The molecule has 3 aliphatic heterocycles. The van der Waals surface area contributed by atoms with E-state index in [0.29, 0.717) is 24.2 Å². The van der Waals surface area contributed by atoms with Crippen LogP contribution in [0.3, 0.4) is 0 Å². The maximum absolute atomic E-state index is 13.7. The van der Waals surface area contributed by atoms with Gasteiger partial charge in [-0.05, 0) is 55.9 Å². The van der Waals surface area contributed by atoms with E-state index >= 15 is 0 Å². The highest BCUT2D eigenvalue weighted by Crippen LogP contribution is 2.54. The van der Waals surface area contributed by atoms with Crippen LogP contribution in [0.4, 0.5) is 5.69 Å². The molecule has 11 nitrogen and oxygen atoms in total. The van der Waals surface area contributed by atoms with Crippen molar-refractivity contribution in [2.75, 3.05) is 26.6 Å². The summed E-state index contributed by atoms with van der Waals surface area (Å²) in [4.78, 5) is 38.1. The van der Waals surface area contributed by atoms with E-state index < -0.39 is 11.7 Å². The van der Waals surface area contributed by atoms with Crippen LogP contribution in [0.2, 0.25) is 0 Å². The molecule has 45 heavy (non-hydrogen) atoms. The van der Waals surface area contributed by atoms with Gasteiger partial charge in [0.05, 0.1) is 41.2 Å². The summed E-state index contributed by atoms with van der Waals surface area (Å²) < 4.78 is 23.5. The predicted octanol–water partition coefficient (Wildman–Crippen LogP) is 5.01. The second kappa shape index (κ2) is 10.0. The number of carbonyl (C=O) groups excluding carboxylic acids is 3. The summed E-state index contributed by atoms with van der Waals surface area (Å²) in [6.07, 6.45) is -0.0249. The van der Waals surface area contributed by atoms with Crippen LogP contribution in [0.5, 0.6) is 0 Å². The second-order valence-corrected chi connectivity index (χ2v) is 13.0. The topological polar surface area (TPSA) is 125 Å². The molecule has 1 saturated heterocycles. The Hall–Kier alpha value is -3.97. The van der Waals surface area contributed by atoms with E-state index in [2.05, 4.69) is 60.1 Å². The van der Waals surface area contributed by atoms with Gasteiger partial charge < -0.3 is 39.3 Å². The summed E-state index contributed by atoms with van der Waals surface area (Å²) in [5.74, 6) is -0.841. The highest BCUT2D eigenvalue weighted by molar-refractivity contribution is 9.10. The molecule has 4 atom stereocenters. The van der Waals surface area contributed by atoms with Crippen molar-refractivity contribution in [1.82, 2.24) is 19.8 Å². The maximum Gasteiger partial charge on any atom is 0.306 e. The average Bonchev–Trinajstić information content (AvgIpc) is 3.66. The van der Waals surface area contributed by atoms with Crippen LogP contribution in [-0.2, 0) is 36.1 Å². The molecule has 3 aliphatic rings. The fraction of sp³-hybridized carbons (Fsp3) is 0.364. The lowest BCUT2D eigenvalue weighted by atomic mass is 9.93. The molecule has 5 heterocycles. The monoisotopic (exact) mass is 673 g/mol. The van der Waals surface area contributed by atoms with Crippen molar-refractivity contribution in [2.45, 2.75) is 56.8 Å². The van der Waals surface area contributed by atoms with Gasteiger partial charge in [0.15, 0.2) is 5.72 Å². The van der Waals surface area contributed by atoms with Crippen LogP contribution in [0.25, 0.3) is 43.6 Å². The molecular weight excluding hydrogens is 642 g/mol. The van der Waals surface area contributed by atoms with Crippen LogP contribution < -0.4 is 16.0 Å². The van der Waals surface area contributed by atoms with E-state index in [4.69, 9.17) is 14.2 Å². The maximum atomic E-state index is 13.7. The number of methoxy groups -OCH3 is 2. The van der Waals surface area contributed by atoms with E-state index in [1.54, 1.807) is 7.11 Å². The van der Waals surface area contributed by atoms with Gasteiger partial charge in [-0.3, -0.25) is 14.4 Å². The number of hydrogen-bond donors (Lipinski definition) is 3. The summed E-state index contributed by atoms with van der Waals surface area (Å²) >= 11 is 3.67. The number of aromatic nitrogens is 2. The van der Waals surface area contributed by atoms with Gasteiger partial charge in [-0.15, -0.1) is 0 Å². The number of esters is 1. The molecule has 2 unspecified atom stereocenters. The van der Waals surface area contributed by atoms with Gasteiger partial charge in [-0.25, -0.2) is 0 Å². The van der Waals surface area contributed by atoms with E-state index in [0.717, 1.165) is 53.6 Å². The van der Waals surface area contributed by atoms with Gasteiger partial charge in [0, 0.05) is 64.2 Å². The van der Waals surface area contributed by atoms with Crippen LogP contribution >= 0.6 is 15.9 Å². The fourth-order valence-electron chi connectivity index (χ4n) is 8.03. The van der Waals surface area contributed by atoms with Crippen molar-refractivity contribution in [3.8, 4) is 0 Å². The van der Waals surface area contributed by atoms with E-state index in [-0.39, 0.29) is 43.0 Å². The predicted molar refractivity (Wildman–Crippen MR) is 173 cm³/mol. The summed E-state index contributed by atoms with van der Waals surface area (Å²) in [6.45, 7) is 2.46. The number of anilines is 1. The lowest BCUT2D eigenvalue weighted by Crippen LogP contribution is -2.59. The molecule has 3 aromatic carbocycles. The van der Waals surface area contributed by atoms with Crippen LogP contribution in [0.15, 0.2) is 40.9 Å². The number of ether oxygens (including phenoxy) is 3. The quantitative estimate of drug-likeness (QED) is 0.217. The highest BCUT2D eigenvalue weighted by Gasteiger charge is 2.53. The Bertz CT molecular complexity index is 2130. The molecular formula is C33H32BrN5O6. The molecule has 0 radical (unpaired) electrons. The average molecular weight is 675 g/mol. The fourth-order valence-corrected chi connectivity index (χ4v) is 8.39. The molecule has 1 fully saturated rings. The minimum absolute atomic E-state index is 0.00476. The Morgan fingerprint density at radius 1 is 1.09 bits per heavy atom. The number of likely N-dealkylation sites (N-methyl/N-ethyl adjacent to an activating group) is 1. The van der Waals surface area contributed by atoms with Crippen molar-refractivity contribution in [3.05, 3.63) is 52.0 Å². The number of hydrogen-bond acceptors (Lipinski definition) is 7. The Morgan fingerprint density at radius 2 is 1.87 bits per heavy atom. The highest BCUT2D eigenvalue weighted by atomic mass is 79.9. The molecule has 2 bridgehead atoms. The zero-order valence-electron chi connectivity index (χ0n) is 25.2. The number of nitrogens with zero attached hydrogens (tertiary/aromatic N) is 2. The zero-order chi connectivity index (χ0) is 31.4. The van der Waals surface area contributed by atoms with Crippen LogP contribution in [0.1, 0.15) is 48.3 Å². The van der Waals surface area contributed by atoms with Gasteiger partial charge in [0.2, 0.25) is 5.91 Å². The summed E-state index contributed by atoms with van der Waals surface area (Å²) in [5.41, 5.74) is 5.01. The van der Waals surface area contributed by atoms with Crippen LogP contribution in [0, 0.1) is 0 Å². The molecule has 3 N–H and O–H groups in total. The molecule has 8 rings (SSSR count). The molecule has 2 aromatic heterocycles. The van der Waals surface area contributed by atoms with E-state index in [9.17, 15) is 14.4 Å². The van der Waals surface area contributed by atoms with Crippen molar-refractivity contribution in [2.24, 2.45) is 0 Å². The van der Waals surface area contributed by atoms with Crippen LogP contribution in [-0.4, -0.2) is 60.3 Å². The Morgan fingerprint density at radius 3 is 2.62 bits per heavy atom. The van der Waals surface area contributed by atoms with Crippen molar-refractivity contribution >= 4 is 83.0 Å². The number of rotatable bonds is 6. The van der Waals surface area contributed by atoms with E-state index in [1.165, 1.54) is 7.11 Å².